The molecule has 3 N–H and O–H groups in total. The Morgan fingerprint density at radius 1 is 1.21 bits per heavy atom. The number of carbonyl (C=O) groups excluding carboxylic acids is 2. The highest BCUT2D eigenvalue weighted by Gasteiger charge is 2.45. The third-order valence-electron chi connectivity index (χ3n) is 7.18. The monoisotopic (exact) mass is 636 g/mol. The number of hydrogen-bond acceptors (Lipinski definition) is 11. The zero-order chi connectivity index (χ0) is 30.9. The predicted molar refractivity (Wildman–Crippen MR) is 167 cm³/mol. The fourth-order valence-electron chi connectivity index (χ4n) is 5.28. The van der Waals surface area contributed by atoms with Gasteiger partial charge in [0.2, 0.25) is 11.0 Å². The first-order valence-electron chi connectivity index (χ1n) is 13.2. The van der Waals surface area contributed by atoms with E-state index in [9.17, 15) is 14.9 Å². The van der Waals surface area contributed by atoms with Crippen LogP contribution in [-0.4, -0.2) is 41.9 Å². The predicted octanol–water partition coefficient (Wildman–Crippen LogP) is 5.88. The van der Waals surface area contributed by atoms with Crippen molar-refractivity contribution < 1.29 is 19.1 Å². The van der Waals surface area contributed by atoms with Crippen LogP contribution < -0.4 is 25.4 Å². The number of methoxy groups -OCH3 is 2. The van der Waals surface area contributed by atoms with Crippen LogP contribution in [0.2, 0.25) is 5.02 Å². The van der Waals surface area contributed by atoms with E-state index < -0.39 is 5.92 Å². The maximum atomic E-state index is 13.7. The minimum absolute atomic E-state index is 0.0406. The van der Waals surface area contributed by atoms with Gasteiger partial charge in [-0.25, -0.2) is 0 Å². The summed E-state index contributed by atoms with van der Waals surface area (Å²) in [5.74, 6) is 0.434. The van der Waals surface area contributed by atoms with Crippen molar-refractivity contribution in [1.29, 1.82) is 5.26 Å². The van der Waals surface area contributed by atoms with Crippen LogP contribution in [0.4, 0.5) is 10.8 Å². The maximum Gasteiger partial charge on any atom is 0.234 e. The number of ketones is 1. The second kappa shape index (κ2) is 12.3. The highest BCUT2D eigenvalue weighted by molar-refractivity contribution is 8.01. The number of hydrogen-bond donors (Lipinski definition) is 2. The van der Waals surface area contributed by atoms with Crippen LogP contribution in [0, 0.1) is 16.7 Å². The van der Waals surface area contributed by atoms with Crippen LogP contribution in [0.15, 0.2) is 69.5 Å². The Labute approximate surface area is 262 Å². The van der Waals surface area contributed by atoms with Gasteiger partial charge in [0.05, 0.1) is 43.2 Å². The number of anilines is 2. The minimum atomic E-state index is -0.613. The summed E-state index contributed by atoms with van der Waals surface area (Å²) >= 11 is 8.57. The van der Waals surface area contributed by atoms with Crippen LogP contribution in [0.3, 0.4) is 0 Å². The van der Waals surface area contributed by atoms with Crippen molar-refractivity contribution in [3.63, 3.8) is 0 Å². The Balaban J connectivity index is 1.42. The summed E-state index contributed by atoms with van der Waals surface area (Å²) in [6.45, 7) is 4.06. The fraction of sp³-hybridized carbons (Fsp3) is 0.300. The molecule has 222 valence electrons. The van der Waals surface area contributed by atoms with Gasteiger partial charge in [-0.05, 0) is 41.7 Å². The van der Waals surface area contributed by atoms with Crippen LogP contribution in [-0.2, 0) is 9.59 Å². The largest absolute Gasteiger partial charge is 0.497 e. The Bertz CT molecular complexity index is 1690. The van der Waals surface area contributed by atoms with E-state index in [1.165, 1.54) is 30.2 Å². The number of nitriles is 1. The molecule has 1 atom stereocenters. The van der Waals surface area contributed by atoms with Crippen molar-refractivity contribution in [2.24, 2.45) is 11.1 Å². The molecule has 0 fully saturated rings. The van der Waals surface area contributed by atoms with Gasteiger partial charge in [-0.2, -0.15) is 5.26 Å². The normalized spacial score (nSPS) is 17.8. The number of amides is 1. The first-order chi connectivity index (χ1) is 20.5. The topological polar surface area (TPSA) is 143 Å². The number of halogens is 1. The van der Waals surface area contributed by atoms with Gasteiger partial charge in [0.15, 0.2) is 10.1 Å². The highest BCUT2D eigenvalue weighted by Crippen LogP contribution is 2.50. The second-order valence-corrected chi connectivity index (χ2v) is 13.4. The van der Waals surface area contributed by atoms with Crippen LogP contribution in [0.5, 0.6) is 11.5 Å². The van der Waals surface area contributed by atoms with Gasteiger partial charge >= 0.3 is 0 Å². The number of allylic oxidation sites excluding steroid dienone is 3. The number of benzene rings is 2. The molecule has 1 aromatic heterocycles. The number of ether oxygens (including phenoxy) is 2. The van der Waals surface area contributed by atoms with E-state index in [1.807, 2.05) is 26.0 Å². The molecule has 1 unspecified atom stereocenters. The Hall–Kier alpha value is -4.05. The third kappa shape index (κ3) is 6.20. The van der Waals surface area contributed by atoms with Gasteiger partial charge in [0, 0.05) is 28.8 Å². The molecule has 2 heterocycles. The van der Waals surface area contributed by atoms with Gasteiger partial charge in [-0.3, -0.25) is 14.5 Å². The van der Waals surface area contributed by atoms with E-state index in [4.69, 9.17) is 26.8 Å². The first-order valence-corrected chi connectivity index (χ1v) is 15.4. The van der Waals surface area contributed by atoms with Crippen molar-refractivity contribution >= 4 is 57.2 Å². The van der Waals surface area contributed by atoms with Crippen molar-refractivity contribution in [1.82, 2.24) is 10.2 Å². The summed E-state index contributed by atoms with van der Waals surface area (Å²) in [5, 5.41) is 22.7. The number of Topliss-reactive ketones (excluding diaryl/α,β-unsaturated/α-hetero) is 1. The lowest BCUT2D eigenvalue weighted by atomic mass is 9.69. The molecule has 0 spiro atoms. The van der Waals surface area contributed by atoms with E-state index in [-0.39, 0.29) is 34.3 Å². The van der Waals surface area contributed by atoms with E-state index in [2.05, 4.69) is 21.6 Å². The molecule has 5 rings (SSSR count). The molecule has 0 saturated carbocycles. The maximum absolute atomic E-state index is 13.7. The number of nitrogens with two attached hydrogens (primary N) is 1. The molecule has 10 nitrogen and oxygen atoms in total. The zero-order valence-electron chi connectivity index (χ0n) is 23.9. The SMILES string of the molecule is COc1ccc(NC(=O)CSc2nnc(N3C(N)=C(C#N)C(c4ccc(Cl)cc4)C4=C3CC(C)(C)CC4=O)s2)c(OC)c1. The smallest absolute Gasteiger partial charge is 0.234 e. The molecule has 0 saturated heterocycles. The summed E-state index contributed by atoms with van der Waals surface area (Å²) < 4.78 is 11.1. The van der Waals surface area contributed by atoms with Crippen molar-refractivity contribution in [3.8, 4) is 17.6 Å². The van der Waals surface area contributed by atoms with Gasteiger partial charge in [-0.15, -0.1) is 10.2 Å². The number of rotatable bonds is 8. The fourth-order valence-corrected chi connectivity index (χ4v) is 7.09. The lowest BCUT2D eigenvalue weighted by Crippen LogP contribution is -2.42. The van der Waals surface area contributed by atoms with Crippen molar-refractivity contribution in [2.75, 3.05) is 30.2 Å². The summed E-state index contributed by atoms with van der Waals surface area (Å²) in [4.78, 5) is 28.1. The highest BCUT2D eigenvalue weighted by atomic mass is 35.5. The van der Waals surface area contributed by atoms with E-state index >= 15 is 0 Å². The van der Waals surface area contributed by atoms with Crippen molar-refractivity contribution in [2.45, 2.75) is 36.9 Å². The first kappa shape index (κ1) is 30.4. The van der Waals surface area contributed by atoms with Gasteiger partial charge < -0.3 is 20.5 Å². The zero-order valence-corrected chi connectivity index (χ0v) is 26.3. The molecule has 2 aromatic carbocycles. The van der Waals surface area contributed by atoms with Crippen LogP contribution in [0.1, 0.15) is 38.2 Å². The van der Waals surface area contributed by atoms with Crippen molar-refractivity contribution in [3.05, 3.63) is 75.7 Å². The van der Waals surface area contributed by atoms with Crippen LogP contribution >= 0.6 is 34.7 Å². The summed E-state index contributed by atoms with van der Waals surface area (Å²) in [7, 11) is 3.07. The van der Waals surface area contributed by atoms with E-state index in [1.54, 1.807) is 42.3 Å². The summed E-state index contributed by atoms with van der Waals surface area (Å²) in [6, 6.07) is 14.5. The number of aromatic nitrogens is 2. The Kier molecular flexibility index (Phi) is 8.69. The minimum Gasteiger partial charge on any atom is -0.497 e. The molecule has 0 bridgehead atoms. The molecule has 1 aliphatic heterocycles. The molecule has 1 aliphatic carbocycles. The molecule has 3 aromatic rings. The summed E-state index contributed by atoms with van der Waals surface area (Å²) in [6.07, 6.45) is 0.888. The Morgan fingerprint density at radius 2 is 1.95 bits per heavy atom. The number of nitrogens with one attached hydrogen (secondary N) is 1. The van der Waals surface area contributed by atoms with Gasteiger partial charge in [-0.1, -0.05) is 60.7 Å². The second-order valence-electron chi connectivity index (χ2n) is 10.8. The molecule has 0 radical (unpaired) electrons. The summed E-state index contributed by atoms with van der Waals surface area (Å²) in [5.41, 5.74) is 9.13. The lowest BCUT2D eigenvalue weighted by molar-refractivity contribution is -0.118. The molecule has 2 aliphatic rings. The van der Waals surface area contributed by atoms with Crippen LogP contribution in [0.25, 0.3) is 0 Å². The Morgan fingerprint density at radius 3 is 2.63 bits per heavy atom. The van der Waals surface area contributed by atoms with Gasteiger partial charge in [0.1, 0.15) is 17.3 Å². The number of carbonyl (C=O) groups is 2. The molecular weight excluding hydrogens is 608 g/mol. The quantitative estimate of drug-likeness (QED) is 0.288. The number of nitrogens with zero attached hydrogens (tertiary/aromatic N) is 4. The average molecular weight is 637 g/mol. The van der Waals surface area contributed by atoms with Gasteiger partial charge in [0.25, 0.3) is 0 Å². The van der Waals surface area contributed by atoms with E-state index in [0.717, 1.165) is 5.56 Å². The molecular formula is C30H29ClN6O4S2. The molecule has 13 heteroatoms. The van der Waals surface area contributed by atoms with E-state index in [0.29, 0.717) is 55.8 Å². The standard InChI is InChI=1S/C30H29ClN6O4S2/c1-30(2)12-21-26(22(38)13-30)25(16-5-7-17(31)8-6-16)19(14-32)27(33)37(21)28-35-36-29(43-28)42-15-24(39)34-20-10-9-18(40-3)11-23(20)41-4/h5-11,25H,12-13,15,33H2,1-4H3,(H,34,39). The average Bonchev–Trinajstić information content (AvgIpc) is 3.44. The molecule has 1 amide bonds. The number of thioether (sulfide) groups is 1. The lowest BCUT2D eigenvalue weighted by Gasteiger charge is -2.42. The third-order valence-corrected chi connectivity index (χ3v) is 9.47. The molecule has 43 heavy (non-hydrogen) atoms.